The van der Waals surface area contributed by atoms with Crippen LogP contribution in [-0.2, 0) is 10.0 Å². The molecule has 1 fully saturated rings. The molecule has 8 nitrogen and oxygen atoms in total. The fraction of sp³-hybridized carbons (Fsp3) is 0.368. The molecule has 3 atom stereocenters. The maximum atomic E-state index is 13.6. The van der Waals surface area contributed by atoms with E-state index in [-0.39, 0.29) is 38.9 Å². The van der Waals surface area contributed by atoms with Crippen LogP contribution in [-0.4, -0.2) is 44.2 Å². The molecule has 3 heterocycles. The first-order valence-electron chi connectivity index (χ1n) is 9.32. The van der Waals surface area contributed by atoms with Crippen molar-refractivity contribution in [3.63, 3.8) is 0 Å². The average molecular weight is 487 g/mol. The highest BCUT2D eigenvalue weighted by Crippen LogP contribution is 2.36. The average Bonchev–Trinajstić information content (AvgIpc) is 3.21. The lowest BCUT2D eigenvalue weighted by Crippen LogP contribution is -2.45. The Kier molecular flexibility index (Phi) is 5.98. The summed E-state index contributed by atoms with van der Waals surface area (Å²) >= 11 is 11.8. The molecular formula is C19H17Cl2FN4O4S. The fourth-order valence-electron chi connectivity index (χ4n) is 3.60. The first-order chi connectivity index (χ1) is 14.7. The standard InChI is InChI=1S/C19H17Cl2FN4O4S/c20-13-5-12-16(6-14(13)22)30-9-15(19(12)27)25-31(28,29)11-3-17(21)24-18(4-11)26-2-1-10(7-23)8-26/h3-6,10,15,19,25,27H,1-2,8-9H2/t10-,15+,19-/m0/s1. The van der Waals surface area contributed by atoms with Crippen LogP contribution in [0.2, 0.25) is 10.2 Å². The second-order valence-electron chi connectivity index (χ2n) is 7.33. The molecule has 31 heavy (non-hydrogen) atoms. The zero-order valence-corrected chi connectivity index (χ0v) is 18.3. The van der Waals surface area contributed by atoms with Gasteiger partial charge in [-0.3, -0.25) is 0 Å². The Morgan fingerprint density at radius 2 is 2.10 bits per heavy atom. The minimum Gasteiger partial charge on any atom is -0.491 e. The van der Waals surface area contributed by atoms with Gasteiger partial charge < -0.3 is 14.7 Å². The minimum atomic E-state index is -4.12. The predicted molar refractivity (Wildman–Crippen MR) is 111 cm³/mol. The van der Waals surface area contributed by atoms with Crippen LogP contribution in [0.25, 0.3) is 0 Å². The fourth-order valence-corrected chi connectivity index (χ4v) is 5.30. The number of sulfonamides is 1. The second kappa shape index (κ2) is 8.41. The molecule has 0 radical (unpaired) electrons. The molecule has 1 saturated heterocycles. The Morgan fingerprint density at radius 1 is 1.32 bits per heavy atom. The molecule has 0 spiro atoms. The van der Waals surface area contributed by atoms with Crippen molar-refractivity contribution in [3.05, 3.63) is 45.8 Å². The number of nitriles is 1. The van der Waals surface area contributed by atoms with E-state index in [1.165, 1.54) is 18.2 Å². The molecule has 12 heteroatoms. The van der Waals surface area contributed by atoms with Gasteiger partial charge >= 0.3 is 0 Å². The smallest absolute Gasteiger partial charge is 0.241 e. The van der Waals surface area contributed by atoms with Crippen LogP contribution in [0, 0.1) is 23.1 Å². The van der Waals surface area contributed by atoms with E-state index in [0.29, 0.717) is 25.3 Å². The Hall–Kier alpha value is -2.16. The number of anilines is 1. The molecule has 0 amide bonds. The molecule has 2 aliphatic rings. The monoisotopic (exact) mass is 486 g/mol. The lowest BCUT2D eigenvalue weighted by Gasteiger charge is -2.31. The van der Waals surface area contributed by atoms with Crippen molar-refractivity contribution in [1.29, 1.82) is 5.26 Å². The van der Waals surface area contributed by atoms with Crippen molar-refractivity contribution in [1.82, 2.24) is 9.71 Å². The number of fused-ring (bicyclic) bond motifs is 1. The van der Waals surface area contributed by atoms with Gasteiger partial charge in [-0.1, -0.05) is 23.2 Å². The number of aliphatic hydroxyl groups is 1. The molecule has 2 aliphatic heterocycles. The number of benzene rings is 1. The lowest BCUT2D eigenvalue weighted by molar-refractivity contribution is 0.0837. The van der Waals surface area contributed by atoms with E-state index in [9.17, 15) is 17.9 Å². The number of hydrogen-bond acceptors (Lipinski definition) is 7. The van der Waals surface area contributed by atoms with E-state index in [1.807, 2.05) is 0 Å². The van der Waals surface area contributed by atoms with Crippen molar-refractivity contribution in [2.75, 3.05) is 24.6 Å². The van der Waals surface area contributed by atoms with E-state index < -0.39 is 28.0 Å². The van der Waals surface area contributed by atoms with E-state index in [2.05, 4.69) is 15.8 Å². The zero-order chi connectivity index (χ0) is 22.3. The Bertz CT molecular complexity index is 1170. The Balaban J connectivity index is 1.58. The van der Waals surface area contributed by atoms with E-state index >= 15 is 0 Å². The zero-order valence-electron chi connectivity index (χ0n) is 15.9. The van der Waals surface area contributed by atoms with Gasteiger partial charge in [-0.25, -0.2) is 22.5 Å². The van der Waals surface area contributed by atoms with E-state index in [1.54, 1.807) is 4.90 Å². The third-order valence-electron chi connectivity index (χ3n) is 5.24. The van der Waals surface area contributed by atoms with Gasteiger partial charge in [0.15, 0.2) is 0 Å². The minimum absolute atomic E-state index is 0.0219. The normalized spacial score (nSPS) is 23.2. The predicted octanol–water partition coefficient (Wildman–Crippen LogP) is 2.65. The first kappa shape index (κ1) is 22.0. The van der Waals surface area contributed by atoms with Crippen LogP contribution in [0.15, 0.2) is 29.2 Å². The van der Waals surface area contributed by atoms with Crippen molar-refractivity contribution >= 4 is 39.0 Å². The summed E-state index contributed by atoms with van der Waals surface area (Å²) in [4.78, 5) is 5.83. The largest absolute Gasteiger partial charge is 0.491 e. The van der Waals surface area contributed by atoms with Crippen LogP contribution in [0.5, 0.6) is 5.75 Å². The SMILES string of the molecule is N#C[C@@H]1CCN(c2cc(S(=O)(=O)N[C@@H]3COc4cc(F)c(Cl)cc4[C@@H]3O)cc(Cl)n2)C1. The van der Waals surface area contributed by atoms with Crippen molar-refractivity contribution < 1.29 is 22.7 Å². The van der Waals surface area contributed by atoms with Crippen molar-refractivity contribution in [2.24, 2.45) is 5.92 Å². The van der Waals surface area contributed by atoms with Gasteiger partial charge in [-0.05, 0) is 18.6 Å². The maximum Gasteiger partial charge on any atom is 0.241 e. The third-order valence-corrected chi connectivity index (χ3v) is 7.19. The quantitative estimate of drug-likeness (QED) is 0.638. The lowest BCUT2D eigenvalue weighted by atomic mass is 10.00. The van der Waals surface area contributed by atoms with Gasteiger partial charge in [0.2, 0.25) is 10.0 Å². The summed E-state index contributed by atoms with van der Waals surface area (Å²) < 4.78 is 47.4. The summed E-state index contributed by atoms with van der Waals surface area (Å²) in [5.41, 5.74) is 0.179. The molecule has 4 rings (SSSR count). The number of rotatable bonds is 4. The molecule has 2 N–H and O–H groups in total. The number of ether oxygens (including phenoxy) is 1. The molecule has 0 bridgehead atoms. The summed E-state index contributed by atoms with van der Waals surface area (Å²) in [7, 11) is -4.12. The summed E-state index contributed by atoms with van der Waals surface area (Å²) in [5, 5.41) is 19.5. The summed E-state index contributed by atoms with van der Waals surface area (Å²) in [6.07, 6.45) is -0.650. The van der Waals surface area contributed by atoms with Crippen molar-refractivity contribution in [2.45, 2.75) is 23.5 Å². The maximum absolute atomic E-state index is 13.6. The number of nitrogens with zero attached hydrogens (tertiary/aromatic N) is 3. The highest BCUT2D eigenvalue weighted by Gasteiger charge is 2.34. The summed E-state index contributed by atoms with van der Waals surface area (Å²) in [5.74, 6) is -0.421. The van der Waals surface area contributed by atoms with Gasteiger partial charge in [0.1, 0.15) is 35.2 Å². The van der Waals surface area contributed by atoms with Crippen LogP contribution in [0.3, 0.4) is 0 Å². The van der Waals surface area contributed by atoms with Crippen LogP contribution >= 0.6 is 23.2 Å². The summed E-state index contributed by atoms with van der Waals surface area (Å²) in [6.45, 7) is 0.776. The number of hydrogen-bond donors (Lipinski definition) is 2. The van der Waals surface area contributed by atoms with Crippen LogP contribution < -0.4 is 14.4 Å². The molecule has 164 valence electrons. The number of aromatic nitrogens is 1. The number of aliphatic hydroxyl groups excluding tert-OH is 1. The molecule has 1 aromatic heterocycles. The molecule has 1 aromatic carbocycles. The molecule has 0 unspecified atom stereocenters. The van der Waals surface area contributed by atoms with E-state index in [0.717, 1.165) is 6.07 Å². The Labute approximate surface area is 188 Å². The van der Waals surface area contributed by atoms with Gasteiger partial charge in [0.25, 0.3) is 0 Å². The molecular weight excluding hydrogens is 470 g/mol. The second-order valence-corrected chi connectivity index (χ2v) is 9.84. The number of nitrogens with one attached hydrogen (secondary N) is 1. The topological polar surface area (TPSA) is 116 Å². The third kappa shape index (κ3) is 4.42. The van der Waals surface area contributed by atoms with Gasteiger partial charge in [-0.2, -0.15) is 5.26 Å². The highest BCUT2D eigenvalue weighted by molar-refractivity contribution is 7.89. The summed E-state index contributed by atoms with van der Waals surface area (Å²) in [6, 6.07) is 5.97. The van der Waals surface area contributed by atoms with E-state index in [4.69, 9.17) is 33.2 Å². The van der Waals surface area contributed by atoms with Gasteiger partial charge in [0.05, 0.1) is 27.9 Å². The van der Waals surface area contributed by atoms with Crippen LogP contribution in [0.1, 0.15) is 18.1 Å². The van der Waals surface area contributed by atoms with Crippen LogP contribution in [0.4, 0.5) is 10.2 Å². The van der Waals surface area contributed by atoms with Gasteiger partial charge in [0, 0.05) is 30.8 Å². The Morgan fingerprint density at radius 3 is 2.81 bits per heavy atom. The number of pyridine rings is 1. The molecule has 0 saturated carbocycles. The number of halogens is 3. The van der Waals surface area contributed by atoms with Crippen molar-refractivity contribution in [3.8, 4) is 11.8 Å². The molecule has 2 aromatic rings. The highest BCUT2D eigenvalue weighted by atomic mass is 35.5. The first-order valence-corrected chi connectivity index (χ1v) is 11.6. The van der Waals surface area contributed by atoms with Gasteiger partial charge in [-0.15, -0.1) is 0 Å². The molecule has 0 aliphatic carbocycles.